The summed E-state index contributed by atoms with van der Waals surface area (Å²) in [5.74, 6) is -5.02. The first-order valence-corrected chi connectivity index (χ1v) is 12.0. The van der Waals surface area contributed by atoms with Crippen molar-refractivity contribution in [2.75, 3.05) is 27.2 Å². The molecule has 0 radical (unpaired) electrons. The second kappa shape index (κ2) is 13.6. The molecule has 1 aromatic carbocycles. The van der Waals surface area contributed by atoms with E-state index in [0.29, 0.717) is 0 Å². The second-order valence-corrected chi connectivity index (χ2v) is 9.59. The van der Waals surface area contributed by atoms with Gasteiger partial charge in [-0.2, -0.15) is 0 Å². The van der Waals surface area contributed by atoms with E-state index < -0.39 is 36.4 Å². The topological polar surface area (TPSA) is 152 Å². The van der Waals surface area contributed by atoms with E-state index >= 15 is 0 Å². The van der Waals surface area contributed by atoms with Gasteiger partial charge in [0.25, 0.3) is 0 Å². The highest BCUT2D eigenvalue weighted by Gasteiger charge is 2.40. The Bertz CT molecular complexity index is 1130. The first-order valence-electron chi connectivity index (χ1n) is 11.1. The Kier molecular flexibility index (Phi) is 10.9. The number of aliphatic hydroxyl groups is 1. The molecule has 3 aromatic rings. The van der Waals surface area contributed by atoms with Gasteiger partial charge in [-0.15, -0.1) is 11.3 Å². The normalized spacial score (nSPS) is 11.4. The van der Waals surface area contributed by atoms with Crippen LogP contribution in [0.25, 0.3) is 10.9 Å². The highest BCUT2D eigenvalue weighted by molar-refractivity contribution is 7.09. The lowest BCUT2D eigenvalue weighted by Crippen LogP contribution is -2.42. The van der Waals surface area contributed by atoms with Gasteiger partial charge >= 0.3 is 17.9 Å². The number of carboxylic acids is 3. The molecule has 0 unspecified atom stereocenters. The van der Waals surface area contributed by atoms with Crippen molar-refractivity contribution in [2.45, 2.75) is 31.5 Å². The average molecular weight is 518 g/mol. The maximum Gasteiger partial charge on any atom is 0.336 e. The summed E-state index contributed by atoms with van der Waals surface area (Å²) in [6.07, 6.45) is -0.426. The lowest BCUT2D eigenvalue weighted by Gasteiger charge is -2.24. The summed E-state index contributed by atoms with van der Waals surface area (Å²) in [6.45, 7) is 4.08. The quantitative estimate of drug-likeness (QED) is 0.282. The van der Waals surface area contributed by atoms with E-state index in [-0.39, 0.29) is 0 Å². The molecule has 0 saturated heterocycles. The minimum absolute atomic E-state index is 0.953. The SMILES string of the molecule is CN(C)CCN(Cc1cccs1)Cc1cccc2ncccc12.O=C(O)CC(O)(CC(=O)O)C(=O)O. The third kappa shape index (κ3) is 9.34. The molecule has 2 aromatic heterocycles. The van der Waals surface area contributed by atoms with Crippen LogP contribution in [0, 0.1) is 0 Å². The van der Waals surface area contributed by atoms with Crippen molar-refractivity contribution in [3.8, 4) is 0 Å². The van der Waals surface area contributed by atoms with Crippen LogP contribution in [0.1, 0.15) is 23.3 Å². The van der Waals surface area contributed by atoms with E-state index in [4.69, 9.17) is 20.4 Å². The number of aromatic nitrogens is 1. The molecule has 0 atom stereocenters. The fraction of sp³-hybridized carbons (Fsp3) is 0.360. The lowest BCUT2D eigenvalue weighted by molar-refractivity contribution is -0.170. The van der Waals surface area contributed by atoms with Gasteiger partial charge in [-0.3, -0.25) is 19.5 Å². The summed E-state index contributed by atoms with van der Waals surface area (Å²) >= 11 is 1.83. The minimum atomic E-state index is -2.74. The van der Waals surface area contributed by atoms with E-state index in [0.717, 1.165) is 31.7 Å². The maximum atomic E-state index is 10.3. The van der Waals surface area contributed by atoms with Crippen LogP contribution in [0.3, 0.4) is 0 Å². The van der Waals surface area contributed by atoms with Crippen molar-refractivity contribution >= 4 is 40.1 Å². The molecule has 2 heterocycles. The Morgan fingerprint density at radius 1 is 0.917 bits per heavy atom. The van der Waals surface area contributed by atoms with Gasteiger partial charge in [0, 0.05) is 42.6 Å². The van der Waals surface area contributed by atoms with Gasteiger partial charge in [-0.1, -0.05) is 24.3 Å². The van der Waals surface area contributed by atoms with Crippen LogP contribution in [0.5, 0.6) is 0 Å². The van der Waals surface area contributed by atoms with Gasteiger partial charge in [0.1, 0.15) is 0 Å². The highest BCUT2D eigenvalue weighted by atomic mass is 32.1. The van der Waals surface area contributed by atoms with Gasteiger partial charge in [0.15, 0.2) is 5.60 Å². The number of benzene rings is 1. The summed E-state index contributed by atoms with van der Waals surface area (Å²) in [4.78, 5) is 41.1. The molecule has 0 saturated carbocycles. The average Bonchev–Trinajstić information content (AvgIpc) is 3.30. The molecule has 3 rings (SSSR count). The van der Waals surface area contributed by atoms with Gasteiger partial charge < -0.3 is 25.3 Å². The molecule has 0 aliphatic rings. The standard InChI is InChI=1S/C19H23N3S.C6H8O7/c1-21(2)11-12-22(15-17-7-5-13-23-17)14-16-6-3-9-19-18(16)8-4-10-20-19;7-3(8)1-6(13,5(11)12)2-4(9)10/h3-10,13H,11-12,14-15H2,1-2H3;13H,1-2H2,(H,7,8)(H,9,10)(H,11,12). The van der Waals surface area contributed by atoms with Crippen LogP contribution in [-0.4, -0.2) is 85.9 Å². The fourth-order valence-electron chi connectivity index (χ4n) is 3.44. The molecule has 11 heteroatoms. The number of pyridine rings is 1. The molecular weight excluding hydrogens is 486 g/mol. The number of hydrogen-bond acceptors (Lipinski definition) is 8. The smallest absolute Gasteiger partial charge is 0.336 e. The lowest BCUT2D eigenvalue weighted by atomic mass is 9.96. The molecule has 194 valence electrons. The van der Waals surface area contributed by atoms with Gasteiger partial charge in [-0.25, -0.2) is 4.79 Å². The fourth-order valence-corrected chi connectivity index (χ4v) is 4.18. The van der Waals surface area contributed by atoms with E-state index in [1.54, 1.807) is 0 Å². The van der Waals surface area contributed by atoms with E-state index in [1.165, 1.54) is 15.8 Å². The third-order valence-electron chi connectivity index (χ3n) is 5.24. The van der Waals surface area contributed by atoms with E-state index in [2.05, 4.69) is 70.7 Å². The van der Waals surface area contributed by atoms with Gasteiger partial charge in [0.2, 0.25) is 0 Å². The van der Waals surface area contributed by atoms with Crippen molar-refractivity contribution in [3.05, 3.63) is 64.5 Å². The van der Waals surface area contributed by atoms with Crippen molar-refractivity contribution in [1.82, 2.24) is 14.8 Å². The van der Waals surface area contributed by atoms with Gasteiger partial charge in [0.05, 0.1) is 18.4 Å². The Balaban J connectivity index is 0.000000302. The largest absolute Gasteiger partial charge is 0.481 e. The monoisotopic (exact) mass is 517 g/mol. The van der Waals surface area contributed by atoms with Crippen LogP contribution in [0.4, 0.5) is 0 Å². The van der Waals surface area contributed by atoms with E-state index in [1.807, 2.05) is 23.6 Å². The van der Waals surface area contributed by atoms with Crippen LogP contribution < -0.4 is 0 Å². The van der Waals surface area contributed by atoms with E-state index in [9.17, 15) is 14.4 Å². The summed E-state index contributed by atoms with van der Waals surface area (Å²) in [7, 11) is 4.26. The Hall–Kier alpha value is -3.38. The van der Waals surface area contributed by atoms with Crippen LogP contribution in [-0.2, 0) is 27.5 Å². The Morgan fingerprint density at radius 3 is 2.17 bits per heavy atom. The highest BCUT2D eigenvalue weighted by Crippen LogP contribution is 2.20. The Morgan fingerprint density at radius 2 is 1.61 bits per heavy atom. The second-order valence-electron chi connectivity index (χ2n) is 8.56. The van der Waals surface area contributed by atoms with Crippen molar-refractivity contribution < 1.29 is 34.8 Å². The zero-order valence-corrected chi connectivity index (χ0v) is 21.0. The zero-order chi connectivity index (χ0) is 26.7. The molecule has 10 nitrogen and oxygen atoms in total. The van der Waals surface area contributed by atoms with Gasteiger partial charge in [-0.05, 0) is 43.2 Å². The number of likely N-dealkylation sites (N-methyl/N-ethyl adjacent to an activating group) is 1. The molecular formula is C25H31N3O7S. The van der Waals surface area contributed by atoms with Crippen LogP contribution in [0.15, 0.2) is 54.0 Å². The molecule has 36 heavy (non-hydrogen) atoms. The minimum Gasteiger partial charge on any atom is -0.481 e. The predicted octanol–water partition coefficient (Wildman–Crippen LogP) is 2.61. The predicted molar refractivity (Wildman–Crippen MR) is 136 cm³/mol. The summed E-state index contributed by atoms with van der Waals surface area (Å²) in [6, 6.07) is 15.0. The number of aliphatic carboxylic acids is 3. The number of rotatable bonds is 12. The number of thiophene rings is 1. The third-order valence-corrected chi connectivity index (χ3v) is 6.10. The number of nitrogens with zero attached hydrogens (tertiary/aromatic N) is 3. The van der Waals surface area contributed by atoms with Crippen LogP contribution in [0.2, 0.25) is 0 Å². The number of fused-ring (bicyclic) bond motifs is 1. The number of hydrogen-bond donors (Lipinski definition) is 4. The van der Waals surface area contributed by atoms with Crippen molar-refractivity contribution in [1.29, 1.82) is 0 Å². The summed E-state index contributed by atoms with van der Waals surface area (Å²) in [5.41, 5.74) is -0.308. The first kappa shape index (κ1) is 28.9. The van der Waals surface area contributed by atoms with Crippen molar-refractivity contribution in [3.63, 3.8) is 0 Å². The molecule has 0 amide bonds. The van der Waals surface area contributed by atoms with Crippen molar-refractivity contribution in [2.24, 2.45) is 0 Å². The molecule has 0 spiro atoms. The zero-order valence-electron chi connectivity index (χ0n) is 20.2. The molecule has 0 bridgehead atoms. The molecule has 0 fully saturated rings. The molecule has 0 aliphatic heterocycles. The maximum absolute atomic E-state index is 10.3. The van der Waals surface area contributed by atoms with Crippen LogP contribution >= 0.6 is 11.3 Å². The number of carboxylic acid groups (broad SMARTS) is 3. The molecule has 4 N–H and O–H groups in total. The summed E-state index contributed by atoms with van der Waals surface area (Å²) < 4.78 is 0. The molecule has 0 aliphatic carbocycles. The first-order chi connectivity index (χ1) is 17.0. The summed E-state index contributed by atoms with van der Waals surface area (Å²) in [5, 5.41) is 37.2. The number of carbonyl (C=O) groups is 3. The Labute approximate surface area is 213 Å².